The molecule has 0 unspecified atom stereocenters. The van der Waals surface area contributed by atoms with Gasteiger partial charge in [-0.2, -0.15) is 0 Å². The minimum absolute atomic E-state index is 0.289. The Balaban J connectivity index is 3.29. The molecule has 0 aliphatic carbocycles. The van der Waals surface area contributed by atoms with Gasteiger partial charge in [0.1, 0.15) is 5.69 Å². The van der Waals surface area contributed by atoms with Crippen LogP contribution in [0.4, 0.5) is 14.5 Å². The molecule has 0 aromatic heterocycles. The molecule has 1 aromatic carbocycles. The van der Waals surface area contributed by atoms with Gasteiger partial charge in [0, 0.05) is 4.47 Å². The van der Waals surface area contributed by atoms with Gasteiger partial charge in [-0.05, 0) is 12.1 Å². The fraction of sp³-hybridized carbons (Fsp3) is 0. The van der Waals surface area contributed by atoms with E-state index in [0.717, 1.165) is 12.1 Å². The molecule has 0 radical (unpaired) electrons. The monoisotopic (exact) mass is 249 g/mol. The molecular formula is C7H6BrF2N3. The fourth-order valence-corrected chi connectivity index (χ4v) is 1.17. The van der Waals surface area contributed by atoms with Gasteiger partial charge >= 0.3 is 0 Å². The molecule has 6 heteroatoms. The van der Waals surface area contributed by atoms with E-state index in [-0.39, 0.29) is 10.4 Å². The number of nitrogens with two attached hydrogens (primary N) is 2. The summed E-state index contributed by atoms with van der Waals surface area (Å²) in [5.74, 6) is -2.03. The lowest BCUT2D eigenvalue weighted by atomic mass is 10.3. The van der Waals surface area contributed by atoms with Gasteiger partial charge in [-0.1, -0.05) is 15.9 Å². The molecule has 70 valence electrons. The maximum atomic E-state index is 13.0. The summed E-state index contributed by atoms with van der Waals surface area (Å²) in [5.41, 5.74) is 9.48. The normalized spacial score (nSPS) is 9.77. The first kappa shape index (κ1) is 9.91. The number of halogens is 3. The predicted molar refractivity (Wildman–Crippen MR) is 49.5 cm³/mol. The van der Waals surface area contributed by atoms with Gasteiger partial charge in [0.2, 0.25) is 0 Å². The molecular weight excluding hydrogens is 244 g/mol. The zero-order valence-corrected chi connectivity index (χ0v) is 7.98. The van der Waals surface area contributed by atoms with E-state index in [0.29, 0.717) is 0 Å². The maximum absolute atomic E-state index is 13.0. The van der Waals surface area contributed by atoms with Gasteiger partial charge in [-0.15, -0.1) is 0 Å². The second kappa shape index (κ2) is 3.69. The van der Waals surface area contributed by atoms with Crippen LogP contribution in [0.1, 0.15) is 0 Å². The van der Waals surface area contributed by atoms with Crippen molar-refractivity contribution in [2.24, 2.45) is 16.5 Å². The number of rotatable bonds is 1. The van der Waals surface area contributed by atoms with E-state index >= 15 is 0 Å². The molecule has 0 fully saturated rings. The minimum Gasteiger partial charge on any atom is -0.370 e. The van der Waals surface area contributed by atoms with E-state index in [4.69, 9.17) is 11.5 Å². The van der Waals surface area contributed by atoms with Crippen molar-refractivity contribution in [1.29, 1.82) is 0 Å². The van der Waals surface area contributed by atoms with Crippen LogP contribution in [-0.2, 0) is 0 Å². The smallest absolute Gasteiger partial charge is 0.191 e. The molecule has 0 bridgehead atoms. The Morgan fingerprint density at radius 1 is 1.23 bits per heavy atom. The van der Waals surface area contributed by atoms with Crippen LogP contribution >= 0.6 is 15.9 Å². The molecule has 3 nitrogen and oxygen atoms in total. The van der Waals surface area contributed by atoms with E-state index in [2.05, 4.69) is 20.9 Å². The highest BCUT2D eigenvalue weighted by Gasteiger charge is 2.09. The number of nitrogens with zero attached hydrogens (tertiary/aromatic N) is 1. The molecule has 0 atom stereocenters. The van der Waals surface area contributed by atoms with E-state index in [1.807, 2.05) is 0 Å². The van der Waals surface area contributed by atoms with E-state index in [1.165, 1.54) is 0 Å². The van der Waals surface area contributed by atoms with Crippen molar-refractivity contribution in [2.45, 2.75) is 0 Å². The van der Waals surface area contributed by atoms with Gasteiger partial charge in [0.15, 0.2) is 17.6 Å². The lowest BCUT2D eigenvalue weighted by molar-refractivity contribution is 0.586. The highest BCUT2D eigenvalue weighted by molar-refractivity contribution is 9.10. The summed E-state index contributed by atoms with van der Waals surface area (Å²) in [6.07, 6.45) is 0. The lowest BCUT2D eigenvalue weighted by Gasteiger charge is -2.00. The third-order valence-electron chi connectivity index (χ3n) is 1.22. The summed E-state index contributed by atoms with van der Waals surface area (Å²) in [6, 6.07) is 2.15. The molecule has 13 heavy (non-hydrogen) atoms. The second-order valence-electron chi connectivity index (χ2n) is 2.25. The topological polar surface area (TPSA) is 64.4 Å². The third-order valence-corrected chi connectivity index (χ3v) is 1.68. The summed E-state index contributed by atoms with van der Waals surface area (Å²) in [4.78, 5) is 3.30. The van der Waals surface area contributed by atoms with E-state index in [1.54, 1.807) is 0 Å². The van der Waals surface area contributed by atoms with E-state index in [9.17, 15) is 8.78 Å². The molecule has 1 aromatic rings. The molecule has 1 rings (SSSR count). The van der Waals surface area contributed by atoms with Crippen LogP contribution in [0, 0.1) is 11.6 Å². The number of hydrogen-bond acceptors (Lipinski definition) is 1. The number of benzene rings is 1. The molecule has 0 saturated carbocycles. The minimum atomic E-state index is -0.819. The van der Waals surface area contributed by atoms with Crippen LogP contribution in [0.5, 0.6) is 0 Å². The van der Waals surface area contributed by atoms with Crippen LogP contribution in [0.3, 0.4) is 0 Å². The molecule has 0 saturated heterocycles. The Bertz CT molecular complexity index is 338. The Kier molecular flexibility index (Phi) is 2.82. The zero-order valence-electron chi connectivity index (χ0n) is 6.39. The number of hydrogen-bond donors (Lipinski definition) is 2. The fourth-order valence-electron chi connectivity index (χ4n) is 0.770. The Morgan fingerprint density at radius 2 is 1.69 bits per heavy atom. The Labute approximate surface area is 81.6 Å². The number of aliphatic imine (C=N–C) groups is 1. The van der Waals surface area contributed by atoms with Gasteiger partial charge < -0.3 is 11.5 Å². The largest absolute Gasteiger partial charge is 0.370 e. The summed E-state index contributed by atoms with van der Waals surface area (Å²) >= 11 is 2.92. The highest BCUT2D eigenvalue weighted by Crippen LogP contribution is 2.25. The molecule has 0 aliphatic rings. The maximum Gasteiger partial charge on any atom is 0.191 e. The highest BCUT2D eigenvalue weighted by atomic mass is 79.9. The van der Waals surface area contributed by atoms with Crippen LogP contribution in [0.25, 0.3) is 0 Å². The van der Waals surface area contributed by atoms with Gasteiger partial charge in [0.25, 0.3) is 0 Å². The van der Waals surface area contributed by atoms with Crippen LogP contribution in [-0.4, -0.2) is 5.96 Å². The van der Waals surface area contributed by atoms with Crippen molar-refractivity contribution in [3.8, 4) is 0 Å². The van der Waals surface area contributed by atoms with Crippen molar-refractivity contribution in [3.63, 3.8) is 0 Å². The average molecular weight is 250 g/mol. The van der Waals surface area contributed by atoms with Crippen LogP contribution < -0.4 is 11.5 Å². The summed E-state index contributed by atoms with van der Waals surface area (Å²) in [5, 5.41) is 0. The SMILES string of the molecule is NC(N)=Nc1c(F)cc(Br)cc1F. The summed E-state index contributed by atoms with van der Waals surface area (Å²) in [7, 11) is 0. The summed E-state index contributed by atoms with van der Waals surface area (Å²) in [6.45, 7) is 0. The molecule has 4 N–H and O–H groups in total. The van der Waals surface area contributed by atoms with Gasteiger partial charge in [-0.25, -0.2) is 13.8 Å². The van der Waals surface area contributed by atoms with Crippen LogP contribution in [0.2, 0.25) is 0 Å². The first-order valence-electron chi connectivity index (χ1n) is 3.25. The summed E-state index contributed by atoms with van der Waals surface area (Å²) < 4.78 is 26.3. The quantitative estimate of drug-likeness (QED) is 0.587. The van der Waals surface area contributed by atoms with Gasteiger partial charge in [-0.3, -0.25) is 0 Å². The standard InChI is InChI=1S/C7H6BrF2N3/c8-3-1-4(9)6(5(10)2-3)13-7(11)12/h1-2H,(H4,11,12,13). The Hall–Kier alpha value is -1.17. The van der Waals surface area contributed by atoms with Gasteiger partial charge in [0.05, 0.1) is 0 Å². The average Bonchev–Trinajstić information content (AvgIpc) is 1.96. The molecule has 0 spiro atoms. The van der Waals surface area contributed by atoms with Crippen molar-refractivity contribution < 1.29 is 8.78 Å². The van der Waals surface area contributed by atoms with Crippen molar-refractivity contribution in [1.82, 2.24) is 0 Å². The third kappa shape index (κ3) is 2.38. The second-order valence-corrected chi connectivity index (χ2v) is 3.17. The first-order chi connectivity index (χ1) is 6.00. The van der Waals surface area contributed by atoms with Crippen molar-refractivity contribution in [2.75, 3.05) is 0 Å². The van der Waals surface area contributed by atoms with E-state index < -0.39 is 17.3 Å². The zero-order chi connectivity index (χ0) is 10.0. The molecule has 0 aliphatic heterocycles. The lowest BCUT2D eigenvalue weighted by Crippen LogP contribution is -2.22. The predicted octanol–water partition coefficient (Wildman–Crippen LogP) is 1.63. The molecule has 0 amide bonds. The van der Waals surface area contributed by atoms with Crippen LogP contribution in [0.15, 0.2) is 21.6 Å². The number of guanidine groups is 1. The molecule has 0 heterocycles. The van der Waals surface area contributed by atoms with Crippen molar-refractivity contribution in [3.05, 3.63) is 28.2 Å². The first-order valence-corrected chi connectivity index (χ1v) is 4.04. The Morgan fingerprint density at radius 3 is 2.08 bits per heavy atom. The van der Waals surface area contributed by atoms with Crippen molar-refractivity contribution >= 4 is 27.6 Å².